The minimum Gasteiger partial charge on any atom is -0.298 e. The summed E-state index contributed by atoms with van der Waals surface area (Å²) in [6, 6.07) is 11.4. The summed E-state index contributed by atoms with van der Waals surface area (Å²) in [4.78, 5) is 19.7. The number of carbonyl (C=O) groups is 1. The number of halogens is 1. The molecule has 0 aliphatic rings. The largest absolute Gasteiger partial charge is 0.298 e. The number of nitrogens with zero attached hydrogens (tertiary/aromatic N) is 4. The van der Waals surface area contributed by atoms with E-state index in [9.17, 15) is 4.79 Å². The summed E-state index contributed by atoms with van der Waals surface area (Å²) < 4.78 is 1.71. The maximum atomic E-state index is 11.3. The predicted molar refractivity (Wildman–Crippen MR) is 79.7 cm³/mol. The zero-order chi connectivity index (χ0) is 14.8. The van der Waals surface area contributed by atoms with Crippen LogP contribution in [0.1, 0.15) is 16.2 Å². The Labute approximate surface area is 126 Å². The molecule has 0 aliphatic carbocycles. The van der Waals surface area contributed by atoms with Crippen molar-refractivity contribution in [1.82, 2.24) is 19.7 Å². The second-order valence-corrected chi connectivity index (χ2v) is 4.76. The van der Waals surface area contributed by atoms with Gasteiger partial charge in [0.1, 0.15) is 16.7 Å². The van der Waals surface area contributed by atoms with Gasteiger partial charge < -0.3 is 0 Å². The van der Waals surface area contributed by atoms with Crippen LogP contribution in [0.2, 0.25) is 5.15 Å². The average molecular weight is 299 g/mol. The highest BCUT2D eigenvalue weighted by molar-refractivity contribution is 6.32. The van der Waals surface area contributed by atoms with Gasteiger partial charge in [-0.3, -0.25) is 4.79 Å². The van der Waals surface area contributed by atoms with Crippen LogP contribution in [0.25, 0.3) is 17.1 Å². The maximum absolute atomic E-state index is 11.3. The average Bonchev–Trinajstić information content (AvgIpc) is 2.96. The van der Waals surface area contributed by atoms with Gasteiger partial charge in [-0.1, -0.05) is 29.8 Å². The number of benzene rings is 1. The summed E-state index contributed by atoms with van der Waals surface area (Å²) in [6.45, 7) is 1.73. The van der Waals surface area contributed by atoms with E-state index in [0.29, 0.717) is 23.5 Å². The molecule has 0 saturated heterocycles. The Hall–Kier alpha value is -2.53. The van der Waals surface area contributed by atoms with Crippen molar-refractivity contribution in [2.24, 2.45) is 0 Å². The third-order valence-corrected chi connectivity index (χ3v) is 3.30. The van der Waals surface area contributed by atoms with Gasteiger partial charge in [-0.25, -0.2) is 14.6 Å². The normalized spacial score (nSPS) is 10.6. The van der Waals surface area contributed by atoms with Gasteiger partial charge >= 0.3 is 0 Å². The number of rotatable bonds is 3. The van der Waals surface area contributed by atoms with Crippen molar-refractivity contribution in [2.75, 3.05) is 0 Å². The van der Waals surface area contributed by atoms with Gasteiger partial charge in [-0.2, -0.15) is 5.10 Å². The van der Waals surface area contributed by atoms with E-state index in [0.717, 1.165) is 5.69 Å². The van der Waals surface area contributed by atoms with Crippen molar-refractivity contribution in [3.63, 3.8) is 0 Å². The van der Waals surface area contributed by atoms with Gasteiger partial charge in [0.15, 0.2) is 6.29 Å². The molecule has 0 aliphatic heterocycles. The fourth-order valence-corrected chi connectivity index (χ4v) is 2.36. The lowest BCUT2D eigenvalue weighted by atomic mass is 10.2. The Kier molecular flexibility index (Phi) is 3.50. The minimum atomic E-state index is 0.147. The van der Waals surface area contributed by atoms with E-state index in [1.54, 1.807) is 23.9 Å². The van der Waals surface area contributed by atoms with E-state index in [-0.39, 0.29) is 10.7 Å². The summed E-state index contributed by atoms with van der Waals surface area (Å²) in [5, 5.41) is 4.44. The van der Waals surface area contributed by atoms with Crippen molar-refractivity contribution < 1.29 is 4.79 Å². The fourth-order valence-electron chi connectivity index (χ4n) is 2.10. The molecular weight excluding hydrogens is 288 g/mol. The Bertz CT molecular complexity index is 799. The monoisotopic (exact) mass is 298 g/mol. The molecule has 0 bridgehead atoms. The van der Waals surface area contributed by atoms with E-state index in [1.165, 1.54) is 0 Å². The topological polar surface area (TPSA) is 60.7 Å². The first-order chi connectivity index (χ1) is 10.2. The predicted octanol–water partition coefficient (Wildman–Crippen LogP) is 3.10. The third-order valence-electron chi connectivity index (χ3n) is 3.01. The lowest BCUT2D eigenvalue weighted by Gasteiger charge is -2.10. The van der Waals surface area contributed by atoms with Crippen molar-refractivity contribution in [2.45, 2.75) is 6.92 Å². The molecule has 2 aromatic heterocycles. The molecule has 1 aromatic carbocycles. The van der Waals surface area contributed by atoms with Crippen LogP contribution in [0.3, 0.4) is 0 Å². The molecule has 3 rings (SSSR count). The van der Waals surface area contributed by atoms with Gasteiger partial charge in [0, 0.05) is 0 Å². The van der Waals surface area contributed by atoms with Crippen LogP contribution in [0.5, 0.6) is 0 Å². The SMILES string of the molecule is Cc1nc(Cl)c(C=O)c(-c2ccnn2-c2ccccc2)n1. The van der Waals surface area contributed by atoms with Crippen LogP contribution >= 0.6 is 11.6 Å². The standard InChI is InChI=1S/C15H11ClN4O/c1-10-18-14(12(9-21)15(16)19-10)13-7-8-17-20(13)11-5-3-2-4-6-11/h2-9H,1H3. The van der Waals surface area contributed by atoms with Crippen molar-refractivity contribution in [3.05, 3.63) is 59.1 Å². The van der Waals surface area contributed by atoms with Crippen molar-refractivity contribution >= 4 is 17.9 Å². The van der Waals surface area contributed by atoms with Crippen LogP contribution in [0, 0.1) is 6.92 Å². The number of aryl methyl sites for hydroxylation is 1. The number of para-hydroxylation sites is 1. The van der Waals surface area contributed by atoms with Gasteiger partial charge in [0.05, 0.1) is 23.1 Å². The molecule has 0 fully saturated rings. The molecule has 0 saturated carbocycles. The van der Waals surface area contributed by atoms with E-state index in [4.69, 9.17) is 11.6 Å². The fraction of sp³-hybridized carbons (Fsp3) is 0.0667. The number of aromatic nitrogens is 4. The molecule has 104 valence electrons. The third kappa shape index (κ3) is 2.43. The molecule has 3 aromatic rings. The molecule has 21 heavy (non-hydrogen) atoms. The Morgan fingerprint density at radius 2 is 1.90 bits per heavy atom. The molecule has 0 atom stereocenters. The van der Waals surface area contributed by atoms with E-state index < -0.39 is 0 Å². The number of hydrogen-bond acceptors (Lipinski definition) is 4. The first kappa shape index (κ1) is 13.5. The highest BCUT2D eigenvalue weighted by Crippen LogP contribution is 2.26. The van der Waals surface area contributed by atoms with Gasteiger partial charge in [-0.15, -0.1) is 0 Å². The highest BCUT2D eigenvalue weighted by atomic mass is 35.5. The molecule has 0 radical (unpaired) electrons. The Morgan fingerprint density at radius 1 is 1.14 bits per heavy atom. The summed E-state index contributed by atoms with van der Waals surface area (Å²) in [5.74, 6) is 0.501. The smallest absolute Gasteiger partial charge is 0.155 e. The van der Waals surface area contributed by atoms with Gasteiger partial charge in [-0.05, 0) is 25.1 Å². The molecule has 2 heterocycles. The van der Waals surface area contributed by atoms with Crippen LogP contribution in [0.4, 0.5) is 0 Å². The lowest BCUT2D eigenvalue weighted by molar-refractivity contribution is 0.112. The molecule has 0 amide bonds. The summed E-state index contributed by atoms with van der Waals surface area (Å²) in [5.41, 5.74) is 2.31. The second-order valence-electron chi connectivity index (χ2n) is 4.41. The summed E-state index contributed by atoms with van der Waals surface area (Å²) >= 11 is 6.04. The van der Waals surface area contributed by atoms with Crippen molar-refractivity contribution in [3.8, 4) is 17.1 Å². The Morgan fingerprint density at radius 3 is 2.62 bits per heavy atom. The van der Waals surface area contributed by atoms with E-state index in [1.807, 2.05) is 30.3 Å². The van der Waals surface area contributed by atoms with Crippen molar-refractivity contribution in [1.29, 1.82) is 0 Å². The molecule has 5 nitrogen and oxygen atoms in total. The zero-order valence-corrected chi connectivity index (χ0v) is 11.9. The second kappa shape index (κ2) is 5.46. The quantitative estimate of drug-likeness (QED) is 0.550. The van der Waals surface area contributed by atoms with E-state index >= 15 is 0 Å². The summed E-state index contributed by atoms with van der Waals surface area (Å²) in [7, 11) is 0. The van der Waals surface area contributed by atoms with E-state index in [2.05, 4.69) is 15.1 Å². The van der Waals surface area contributed by atoms with Crippen LogP contribution in [-0.2, 0) is 0 Å². The van der Waals surface area contributed by atoms with Crippen LogP contribution < -0.4 is 0 Å². The van der Waals surface area contributed by atoms with Gasteiger partial charge in [0.2, 0.25) is 0 Å². The molecule has 6 heteroatoms. The molecule has 0 spiro atoms. The number of hydrogen-bond donors (Lipinski definition) is 0. The van der Waals surface area contributed by atoms with Gasteiger partial charge in [0.25, 0.3) is 0 Å². The minimum absolute atomic E-state index is 0.147. The number of carbonyl (C=O) groups excluding carboxylic acids is 1. The van der Waals surface area contributed by atoms with Crippen LogP contribution in [-0.4, -0.2) is 26.0 Å². The first-order valence-electron chi connectivity index (χ1n) is 6.30. The summed E-state index contributed by atoms with van der Waals surface area (Å²) in [6.07, 6.45) is 2.32. The first-order valence-corrected chi connectivity index (χ1v) is 6.67. The highest BCUT2D eigenvalue weighted by Gasteiger charge is 2.17. The molecule has 0 unspecified atom stereocenters. The Balaban J connectivity index is 2.24. The maximum Gasteiger partial charge on any atom is 0.155 e. The zero-order valence-electron chi connectivity index (χ0n) is 11.2. The lowest BCUT2D eigenvalue weighted by Crippen LogP contribution is -2.04. The molecule has 0 N–H and O–H groups in total. The number of aldehydes is 1. The molecular formula is C15H11ClN4O. The van der Waals surface area contributed by atoms with Crippen LogP contribution in [0.15, 0.2) is 42.6 Å².